The van der Waals surface area contributed by atoms with Crippen LogP contribution < -0.4 is 14.2 Å². The normalized spacial score (nSPS) is 13.7. The minimum atomic E-state index is -4.00. The smallest absolute Gasteiger partial charge is 0.264 e. The van der Waals surface area contributed by atoms with Crippen LogP contribution >= 0.6 is 0 Å². The summed E-state index contributed by atoms with van der Waals surface area (Å²) in [5.74, 6) is 0.146. The van der Waals surface area contributed by atoms with Crippen molar-refractivity contribution in [1.82, 2.24) is 19.8 Å². The van der Waals surface area contributed by atoms with Crippen LogP contribution in [-0.2, 0) is 10.0 Å². The number of nitrogens with zero attached hydrogens (tertiary/aromatic N) is 4. The molecule has 12 heteroatoms. The van der Waals surface area contributed by atoms with Crippen LogP contribution in [0.4, 0.5) is 5.69 Å². The zero-order valence-corrected chi connectivity index (χ0v) is 22.7. The van der Waals surface area contributed by atoms with Crippen molar-refractivity contribution < 1.29 is 27.5 Å². The zero-order valence-electron chi connectivity index (χ0n) is 21.9. The number of aromatic nitrogens is 2. The summed E-state index contributed by atoms with van der Waals surface area (Å²) >= 11 is 0. The Bertz CT molecular complexity index is 1680. The molecule has 5 rings (SSSR count). The average Bonchev–Trinajstić information content (AvgIpc) is 3.00. The number of sulfonamides is 1. The predicted molar refractivity (Wildman–Crippen MR) is 148 cm³/mol. The van der Waals surface area contributed by atoms with Gasteiger partial charge in [-0.1, -0.05) is 18.2 Å². The molecule has 0 unspecified atom stereocenters. The van der Waals surface area contributed by atoms with E-state index in [0.29, 0.717) is 54.1 Å². The van der Waals surface area contributed by atoms with Gasteiger partial charge in [0.1, 0.15) is 10.6 Å². The van der Waals surface area contributed by atoms with Gasteiger partial charge >= 0.3 is 0 Å². The van der Waals surface area contributed by atoms with Crippen LogP contribution in [0.25, 0.3) is 10.9 Å². The lowest BCUT2D eigenvalue weighted by Crippen LogP contribution is -2.50. The van der Waals surface area contributed by atoms with Crippen molar-refractivity contribution in [3.63, 3.8) is 0 Å². The molecule has 0 saturated carbocycles. The van der Waals surface area contributed by atoms with Gasteiger partial charge in [-0.15, -0.1) is 0 Å². The summed E-state index contributed by atoms with van der Waals surface area (Å²) in [6, 6.07) is 16.2. The number of piperazine rings is 1. The highest BCUT2D eigenvalue weighted by Crippen LogP contribution is 2.30. The maximum atomic E-state index is 13.3. The van der Waals surface area contributed by atoms with Crippen LogP contribution in [0.3, 0.4) is 0 Å². The number of carbonyl (C=O) groups is 2. The van der Waals surface area contributed by atoms with Crippen LogP contribution in [-0.4, -0.2) is 80.4 Å². The number of hydrogen-bond acceptors (Lipinski definition) is 8. The first kappa shape index (κ1) is 26.9. The molecule has 4 aromatic rings. The van der Waals surface area contributed by atoms with Crippen molar-refractivity contribution in [3.8, 4) is 11.6 Å². The molecule has 0 atom stereocenters. The lowest BCUT2D eigenvalue weighted by molar-refractivity contribution is 0.0535. The summed E-state index contributed by atoms with van der Waals surface area (Å²) < 4.78 is 39.6. The standard InChI is InChI=1S/C28H27N5O6S/c1-38-23-17-20(8-9-22(23)31-40(36,37)24-7-3-5-19-6-4-11-30-26(19)24)27(34)32-13-15-33(16-14-32)28(35)21-10-12-29-25(18-21)39-2/h3-12,17-18,31H,13-16H2,1-2H3. The van der Waals surface area contributed by atoms with Gasteiger partial charge in [-0.2, -0.15) is 0 Å². The average molecular weight is 562 g/mol. The van der Waals surface area contributed by atoms with Crippen molar-refractivity contribution in [2.75, 3.05) is 45.1 Å². The van der Waals surface area contributed by atoms with Crippen LogP contribution in [0.5, 0.6) is 11.6 Å². The quantitative estimate of drug-likeness (QED) is 0.364. The first-order valence-corrected chi connectivity index (χ1v) is 13.9. The van der Waals surface area contributed by atoms with E-state index >= 15 is 0 Å². The number of fused-ring (bicyclic) bond motifs is 1. The zero-order chi connectivity index (χ0) is 28.3. The summed E-state index contributed by atoms with van der Waals surface area (Å²) in [5, 5.41) is 0.695. The molecular weight excluding hydrogens is 534 g/mol. The molecule has 1 N–H and O–H groups in total. The number of ether oxygens (including phenoxy) is 2. The van der Waals surface area contributed by atoms with E-state index in [0.717, 1.165) is 0 Å². The summed E-state index contributed by atoms with van der Waals surface area (Å²) in [7, 11) is -1.12. The Morgan fingerprint density at radius 2 is 1.48 bits per heavy atom. The van der Waals surface area contributed by atoms with Gasteiger partial charge in [-0.25, -0.2) is 13.4 Å². The number of methoxy groups -OCH3 is 2. The number of amides is 2. The number of carbonyl (C=O) groups excluding carboxylic acids is 2. The molecule has 0 aliphatic carbocycles. The number of anilines is 1. The summed E-state index contributed by atoms with van der Waals surface area (Å²) in [5.41, 5.74) is 1.35. The number of para-hydroxylation sites is 1. The van der Waals surface area contributed by atoms with Crippen LogP contribution in [0.1, 0.15) is 20.7 Å². The fraction of sp³-hybridized carbons (Fsp3) is 0.214. The van der Waals surface area contributed by atoms with Crippen LogP contribution in [0, 0.1) is 0 Å². The summed E-state index contributed by atoms with van der Waals surface area (Å²) in [6.07, 6.45) is 3.05. The Labute approximate surface area is 231 Å². The molecule has 1 saturated heterocycles. The van der Waals surface area contributed by atoms with Gasteiger partial charge in [-0.05, 0) is 36.4 Å². The second-order valence-electron chi connectivity index (χ2n) is 9.02. The van der Waals surface area contributed by atoms with Crippen molar-refractivity contribution >= 4 is 38.4 Å². The lowest BCUT2D eigenvalue weighted by atomic mass is 10.1. The van der Waals surface area contributed by atoms with Crippen molar-refractivity contribution in [3.05, 3.63) is 84.2 Å². The fourth-order valence-corrected chi connectivity index (χ4v) is 5.78. The number of hydrogen-bond donors (Lipinski definition) is 1. The highest BCUT2D eigenvalue weighted by molar-refractivity contribution is 7.93. The molecule has 1 fully saturated rings. The van der Waals surface area contributed by atoms with Crippen molar-refractivity contribution in [1.29, 1.82) is 0 Å². The molecule has 0 radical (unpaired) electrons. The minimum absolute atomic E-state index is 0.0328. The topological polar surface area (TPSA) is 131 Å². The van der Waals surface area contributed by atoms with Crippen LogP contribution in [0.15, 0.2) is 78.0 Å². The first-order valence-electron chi connectivity index (χ1n) is 12.4. The Morgan fingerprint density at radius 1 is 0.800 bits per heavy atom. The SMILES string of the molecule is COc1cc(C(=O)N2CCN(C(=O)c3ccc(NS(=O)(=O)c4cccc5cccnc45)c(OC)c3)CC2)ccn1. The Morgan fingerprint density at radius 3 is 2.15 bits per heavy atom. The van der Waals surface area contributed by atoms with Gasteiger partial charge in [0.15, 0.2) is 0 Å². The van der Waals surface area contributed by atoms with Gasteiger partial charge in [0.25, 0.3) is 21.8 Å². The summed E-state index contributed by atoms with van der Waals surface area (Å²) in [6.45, 7) is 1.42. The van der Waals surface area contributed by atoms with E-state index < -0.39 is 10.0 Å². The maximum absolute atomic E-state index is 13.3. The van der Waals surface area contributed by atoms with Crippen molar-refractivity contribution in [2.24, 2.45) is 0 Å². The maximum Gasteiger partial charge on any atom is 0.264 e. The molecule has 11 nitrogen and oxygen atoms in total. The predicted octanol–water partition coefficient (Wildman–Crippen LogP) is 3.05. The second kappa shape index (κ2) is 11.2. The number of pyridine rings is 2. The Hall–Kier alpha value is -4.71. The van der Waals surface area contributed by atoms with Crippen LogP contribution in [0.2, 0.25) is 0 Å². The minimum Gasteiger partial charge on any atom is -0.495 e. The van der Waals surface area contributed by atoms with Crippen molar-refractivity contribution in [2.45, 2.75) is 4.90 Å². The number of benzene rings is 2. The van der Waals surface area contributed by atoms with E-state index in [1.54, 1.807) is 52.3 Å². The molecular formula is C28H27N5O6S. The lowest BCUT2D eigenvalue weighted by Gasteiger charge is -2.35. The van der Waals surface area contributed by atoms with E-state index in [2.05, 4.69) is 14.7 Å². The molecule has 40 heavy (non-hydrogen) atoms. The highest BCUT2D eigenvalue weighted by atomic mass is 32.2. The van der Waals surface area contributed by atoms with Gasteiger partial charge < -0.3 is 19.3 Å². The molecule has 1 aliphatic heterocycles. The third kappa shape index (κ3) is 5.38. The first-order chi connectivity index (χ1) is 19.3. The molecule has 0 spiro atoms. The van der Waals surface area contributed by atoms with Gasteiger partial charge in [0.05, 0.1) is 25.4 Å². The number of rotatable bonds is 7. The summed E-state index contributed by atoms with van der Waals surface area (Å²) in [4.78, 5) is 37.8. The Kier molecular flexibility index (Phi) is 7.52. The van der Waals surface area contributed by atoms with E-state index in [1.165, 1.54) is 44.8 Å². The van der Waals surface area contributed by atoms with Gasteiger partial charge in [0, 0.05) is 61.2 Å². The monoisotopic (exact) mass is 561 g/mol. The van der Waals surface area contributed by atoms with E-state index in [1.807, 2.05) is 0 Å². The van der Waals surface area contributed by atoms with E-state index in [4.69, 9.17) is 9.47 Å². The van der Waals surface area contributed by atoms with E-state index in [9.17, 15) is 18.0 Å². The molecule has 1 aliphatic rings. The third-order valence-electron chi connectivity index (χ3n) is 6.62. The van der Waals surface area contributed by atoms with Gasteiger partial charge in [-0.3, -0.25) is 19.3 Å². The molecule has 206 valence electrons. The Balaban J connectivity index is 1.28. The molecule has 0 bridgehead atoms. The fourth-order valence-electron chi connectivity index (χ4n) is 4.53. The molecule has 3 heterocycles. The molecule has 2 aromatic carbocycles. The highest BCUT2D eigenvalue weighted by Gasteiger charge is 2.27. The number of nitrogens with one attached hydrogen (secondary N) is 1. The molecule has 2 amide bonds. The molecule has 2 aromatic heterocycles. The third-order valence-corrected chi connectivity index (χ3v) is 8.02. The van der Waals surface area contributed by atoms with E-state index in [-0.39, 0.29) is 28.1 Å². The second-order valence-corrected chi connectivity index (χ2v) is 10.7. The van der Waals surface area contributed by atoms with Gasteiger partial charge in [0.2, 0.25) is 5.88 Å². The largest absolute Gasteiger partial charge is 0.495 e.